The molecule has 0 aromatic rings. The fourth-order valence-electron chi connectivity index (χ4n) is 1.99. The van der Waals surface area contributed by atoms with Crippen molar-refractivity contribution in [1.82, 2.24) is 9.80 Å². The molecule has 0 saturated carbocycles. The van der Waals surface area contributed by atoms with Gasteiger partial charge in [0.15, 0.2) is 0 Å². The zero-order valence-electron chi connectivity index (χ0n) is 9.99. The second-order valence-corrected chi connectivity index (χ2v) is 4.29. The van der Waals surface area contributed by atoms with E-state index in [9.17, 15) is 9.90 Å². The van der Waals surface area contributed by atoms with Crippen LogP contribution in [0.4, 0.5) is 0 Å². The maximum Gasteiger partial charge on any atom is 0.236 e. The molecule has 1 rings (SSSR count). The summed E-state index contributed by atoms with van der Waals surface area (Å²) in [6, 6.07) is 0. The Labute approximate surface area is 91.9 Å². The van der Waals surface area contributed by atoms with Gasteiger partial charge in [0.1, 0.15) is 0 Å². The van der Waals surface area contributed by atoms with E-state index in [1.165, 1.54) is 0 Å². The molecule has 0 spiro atoms. The van der Waals surface area contributed by atoms with E-state index < -0.39 is 5.60 Å². The van der Waals surface area contributed by atoms with Crippen molar-refractivity contribution in [2.45, 2.75) is 32.8 Å². The lowest BCUT2D eigenvalue weighted by Gasteiger charge is -2.46. The molecule has 1 N–H and O–H groups in total. The molecule has 1 saturated heterocycles. The monoisotopic (exact) mass is 214 g/mol. The Balaban J connectivity index is 2.30. The minimum Gasteiger partial charge on any atom is -0.387 e. The molecule has 0 aromatic heterocycles. The maximum atomic E-state index is 11.7. The van der Waals surface area contributed by atoms with Crippen molar-refractivity contribution in [2.24, 2.45) is 0 Å². The molecule has 1 heterocycles. The van der Waals surface area contributed by atoms with Gasteiger partial charge in [-0.05, 0) is 20.3 Å². The van der Waals surface area contributed by atoms with Crippen molar-refractivity contribution >= 4 is 5.91 Å². The Bertz CT molecular complexity index is 221. The van der Waals surface area contributed by atoms with Crippen molar-refractivity contribution in [3.05, 3.63) is 0 Å². The Morgan fingerprint density at radius 2 is 1.87 bits per heavy atom. The van der Waals surface area contributed by atoms with E-state index >= 15 is 0 Å². The predicted octanol–water partition coefficient (Wildman–Crippen LogP) is 0.311. The molecule has 88 valence electrons. The minimum atomic E-state index is -0.538. The van der Waals surface area contributed by atoms with Crippen LogP contribution < -0.4 is 0 Å². The zero-order chi connectivity index (χ0) is 11.5. The zero-order valence-corrected chi connectivity index (χ0v) is 9.99. The van der Waals surface area contributed by atoms with Crippen LogP contribution in [-0.4, -0.2) is 59.1 Å². The molecule has 0 aromatic carbocycles. The highest BCUT2D eigenvalue weighted by Gasteiger charge is 2.40. The third kappa shape index (κ3) is 2.92. The van der Waals surface area contributed by atoms with Gasteiger partial charge in [-0.3, -0.25) is 9.69 Å². The van der Waals surface area contributed by atoms with Gasteiger partial charge >= 0.3 is 0 Å². The van der Waals surface area contributed by atoms with Gasteiger partial charge in [-0.15, -0.1) is 0 Å². The summed E-state index contributed by atoms with van der Waals surface area (Å²) in [6.07, 6.45) is 0.767. The van der Waals surface area contributed by atoms with Crippen LogP contribution in [0.15, 0.2) is 0 Å². The van der Waals surface area contributed by atoms with E-state index in [2.05, 4.69) is 0 Å². The fraction of sp³-hybridized carbons (Fsp3) is 0.909. The summed E-state index contributed by atoms with van der Waals surface area (Å²) in [5.74, 6) is 0.165. The van der Waals surface area contributed by atoms with Crippen molar-refractivity contribution in [3.8, 4) is 0 Å². The summed E-state index contributed by atoms with van der Waals surface area (Å²) >= 11 is 0. The second kappa shape index (κ2) is 4.94. The summed E-state index contributed by atoms with van der Waals surface area (Å²) < 4.78 is 0. The first kappa shape index (κ1) is 12.5. The number of carbonyl (C=O) groups is 1. The maximum absolute atomic E-state index is 11.7. The third-order valence-electron chi connectivity index (χ3n) is 3.17. The molecular weight excluding hydrogens is 192 g/mol. The summed E-state index contributed by atoms with van der Waals surface area (Å²) in [4.78, 5) is 15.5. The van der Waals surface area contributed by atoms with Crippen LogP contribution in [0.2, 0.25) is 0 Å². The number of rotatable bonds is 5. The molecule has 1 aliphatic heterocycles. The summed E-state index contributed by atoms with van der Waals surface area (Å²) in [5.41, 5.74) is -0.538. The first-order valence-corrected chi connectivity index (χ1v) is 5.77. The SMILES string of the molecule is CCN(CC)C(=O)CN1CC(O)(CC)C1. The van der Waals surface area contributed by atoms with Crippen LogP contribution >= 0.6 is 0 Å². The van der Waals surface area contributed by atoms with Gasteiger partial charge in [0, 0.05) is 26.2 Å². The molecule has 0 atom stereocenters. The molecule has 0 bridgehead atoms. The normalized spacial score (nSPS) is 19.7. The molecule has 1 amide bonds. The highest BCUT2D eigenvalue weighted by molar-refractivity contribution is 5.78. The fourth-order valence-corrected chi connectivity index (χ4v) is 1.99. The van der Waals surface area contributed by atoms with E-state index in [0.717, 1.165) is 19.5 Å². The first-order valence-electron chi connectivity index (χ1n) is 5.77. The van der Waals surface area contributed by atoms with E-state index in [4.69, 9.17) is 0 Å². The van der Waals surface area contributed by atoms with E-state index in [-0.39, 0.29) is 5.91 Å². The number of nitrogens with zero attached hydrogens (tertiary/aromatic N) is 2. The van der Waals surface area contributed by atoms with Crippen molar-refractivity contribution in [3.63, 3.8) is 0 Å². The van der Waals surface area contributed by atoms with Crippen LogP contribution in [0.3, 0.4) is 0 Å². The van der Waals surface area contributed by atoms with E-state index in [0.29, 0.717) is 19.6 Å². The molecule has 1 aliphatic rings. The second-order valence-electron chi connectivity index (χ2n) is 4.29. The molecule has 1 fully saturated rings. The number of hydrogen-bond donors (Lipinski definition) is 1. The van der Waals surface area contributed by atoms with Crippen LogP contribution in [0, 0.1) is 0 Å². The minimum absolute atomic E-state index is 0.165. The van der Waals surface area contributed by atoms with Gasteiger partial charge in [0.05, 0.1) is 12.1 Å². The molecule has 0 unspecified atom stereocenters. The largest absolute Gasteiger partial charge is 0.387 e. The van der Waals surface area contributed by atoms with E-state index in [1.54, 1.807) is 0 Å². The average molecular weight is 214 g/mol. The lowest BCUT2D eigenvalue weighted by Crippen LogP contribution is -2.63. The predicted molar refractivity (Wildman–Crippen MR) is 59.6 cm³/mol. The summed E-state index contributed by atoms with van der Waals surface area (Å²) in [5, 5.41) is 9.79. The van der Waals surface area contributed by atoms with Gasteiger partial charge in [0.25, 0.3) is 0 Å². The number of carbonyl (C=O) groups excluding carboxylic acids is 1. The summed E-state index contributed by atoms with van der Waals surface area (Å²) in [6.45, 7) is 9.20. The lowest BCUT2D eigenvalue weighted by molar-refractivity contribution is -0.141. The first-order chi connectivity index (χ1) is 7.04. The number of hydrogen-bond acceptors (Lipinski definition) is 3. The molecule has 4 heteroatoms. The van der Waals surface area contributed by atoms with Crippen molar-refractivity contribution in [1.29, 1.82) is 0 Å². The molecular formula is C11H22N2O2. The van der Waals surface area contributed by atoms with Crippen LogP contribution in [0.5, 0.6) is 0 Å². The van der Waals surface area contributed by atoms with Gasteiger partial charge < -0.3 is 10.0 Å². The highest BCUT2D eigenvalue weighted by atomic mass is 16.3. The number of likely N-dealkylation sites (N-methyl/N-ethyl adjacent to an activating group) is 1. The topological polar surface area (TPSA) is 43.8 Å². The van der Waals surface area contributed by atoms with Gasteiger partial charge in [0.2, 0.25) is 5.91 Å². The van der Waals surface area contributed by atoms with Gasteiger partial charge in [-0.25, -0.2) is 0 Å². The lowest BCUT2D eigenvalue weighted by atomic mass is 9.91. The van der Waals surface area contributed by atoms with Gasteiger partial charge in [-0.2, -0.15) is 0 Å². The van der Waals surface area contributed by atoms with Crippen LogP contribution in [0.1, 0.15) is 27.2 Å². The van der Waals surface area contributed by atoms with Crippen molar-refractivity contribution in [2.75, 3.05) is 32.7 Å². The number of amides is 1. The number of likely N-dealkylation sites (tertiary alicyclic amines) is 1. The number of β-amino-alcohol motifs (C(OH)–C–C–N with tert-alkyl or cyclic N) is 1. The molecule has 15 heavy (non-hydrogen) atoms. The van der Waals surface area contributed by atoms with E-state index in [1.807, 2.05) is 30.6 Å². The number of aliphatic hydroxyl groups is 1. The van der Waals surface area contributed by atoms with Crippen LogP contribution in [0.25, 0.3) is 0 Å². The highest BCUT2D eigenvalue weighted by Crippen LogP contribution is 2.23. The standard InChI is InChI=1S/C11H22N2O2/c1-4-11(15)8-12(9-11)7-10(14)13(5-2)6-3/h15H,4-9H2,1-3H3. The molecule has 0 aliphatic carbocycles. The summed E-state index contributed by atoms with van der Waals surface area (Å²) in [7, 11) is 0. The Hall–Kier alpha value is -0.610. The van der Waals surface area contributed by atoms with Crippen LogP contribution in [-0.2, 0) is 4.79 Å². The van der Waals surface area contributed by atoms with Crippen molar-refractivity contribution < 1.29 is 9.90 Å². The molecule has 0 radical (unpaired) electrons. The third-order valence-corrected chi connectivity index (χ3v) is 3.17. The Morgan fingerprint density at radius 3 is 2.27 bits per heavy atom. The Morgan fingerprint density at radius 1 is 1.33 bits per heavy atom. The molecule has 4 nitrogen and oxygen atoms in total. The Kier molecular flexibility index (Phi) is 4.11. The van der Waals surface area contributed by atoms with Gasteiger partial charge in [-0.1, -0.05) is 6.92 Å². The average Bonchev–Trinajstić information content (AvgIpc) is 2.17. The smallest absolute Gasteiger partial charge is 0.236 e. The quantitative estimate of drug-likeness (QED) is 0.716.